The maximum Gasteiger partial charge on any atom is 0.263 e. The van der Waals surface area contributed by atoms with Crippen LogP contribution in [-0.2, 0) is 4.79 Å². The van der Waals surface area contributed by atoms with Crippen LogP contribution in [0.4, 0.5) is 5.69 Å². The molecule has 0 saturated carbocycles. The number of aryl methyl sites for hydroxylation is 1. The Morgan fingerprint density at radius 2 is 1.80 bits per heavy atom. The molecule has 1 aliphatic heterocycles. The molecule has 4 nitrogen and oxygen atoms in total. The highest BCUT2D eigenvalue weighted by Crippen LogP contribution is 2.20. The molecule has 1 fully saturated rings. The van der Waals surface area contributed by atoms with Gasteiger partial charge in [-0.1, -0.05) is 29.8 Å². The van der Waals surface area contributed by atoms with Crippen LogP contribution in [0.25, 0.3) is 0 Å². The van der Waals surface area contributed by atoms with Crippen molar-refractivity contribution in [2.45, 2.75) is 20.0 Å². The second-order valence-electron chi connectivity index (χ2n) is 6.37. The molecule has 25 heavy (non-hydrogen) atoms. The van der Waals surface area contributed by atoms with Crippen molar-refractivity contribution in [1.82, 2.24) is 4.90 Å². The zero-order valence-corrected chi connectivity index (χ0v) is 15.4. The zero-order chi connectivity index (χ0) is 17.8. The SMILES string of the molecule is Cc1cccc(N2CCN(C(=O)C(C)Oc3cccc(Cl)c3)CC2)c1. The third kappa shape index (κ3) is 4.45. The second-order valence-corrected chi connectivity index (χ2v) is 6.81. The van der Waals surface area contributed by atoms with Gasteiger partial charge in [-0.3, -0.25) is 4.79 Å². The number of nitrogens with zero attached hydrogens (tertiary/aromatic N) is 2. The van der Waals surface area contributed by atoms with Crippen LogP contribution in [0.3, 0.4) is 0 Å². The van der Waals surface area contributed by atoms with Gasteiger partial charge >= 0.3 is 0 Å². The van der Waals surface area contributed by atoms with Crippen LogP contribution in [0.2, 0.25) is 5.02 Å². The van der Waals surface area contributed by atoms with Crippen molar-refractivity contribution < 1.29 is 9.53 Å². The van der Waals surface area contributed by atoms with Gasteiger partial charge in [0.25, 0.3) is 5.91 Å². The Bertz CT molecular complexity index is 742. The Morgan fingerprint density at radius 1 is 1.08 bits per heavy atom. The first-order chi connectivity index (χ1) is 12.0. The van der Waals surface area contributed by atoms with Crippen molar-refractivity contribution in [2.24, 2.45) is 0 Å². The number of ether oxygens (including phenoxy) is 1. The Kier molecular flexibility index (Phi) is 5.49. The van der Waals surface area contributed by atoms with E-state index in [4.69, 9.17) is 16.3 Å². The minimum atomic E-state index is -0.524. The lowest BCUT2D eigenvalue weighted by atomic mass is 10.2. The van der Waals surface area contributed by atoms with Crippen LogP contribution in [0.15, 0.2) is 48.5 Å². The highest BCUT2D eigenvalue weighted by atomic mass is 35.5. The lowest BCUT2D eigenvalue weighted by Crippen LogP contribution is -2.52. The lowest BCUT2D eigenvalue weighted by molar-refractivity contribution is -0.138. The van der Waals surface area contributed by atoms with E-state index in [1.54, 1.807) is 19.1 Å². The van der Waals surface area contributed by atoms with Crippen molar-refractivity contribution in [1.29, 1.82) is 0 Å². The van der Waals surface area contributed by atoms with Gasteiger partial charge in [0.05, 0.1) is 0 Å². The summed E-state index contributed by atoms with van der Waals surface area (Å²) < 4.78 is 5.75. The number of carbonyl (C=O) groups is 1. The van der Waals surface area contributed by atoms with Crippen molar-refractivity contribution >= 4 is 23.2 Å². The standard InChI is InChI=1S/C20H23ClN2O2/c1-15-5-3-7-18(13-15)22-9-11-23(12-10-22)20(24)16(2)25-19-8-4-6-17(21)14-19/h3-8,13-14,16H,9-12H2,1-2H3. The van der Waals surface area contributed by atoms with Crippen LogP contribution < -0.4 is 9.64 Å². The molecule has 0 bridgehead atoms. The topological polar surface area (TPSA) is 32.8 Å². The predicted octanol–water partition coefficient (Wildman–Crippen LogP) is 3.76. The summed E-state index contributed by atoms with van der Waals surface area (Å²) in [6, 6.07) is 15.6. The summed E-state index contributed by atoms with van der Waals surface area (Å²) in [5, 5.41) is 0.601. The Labute approximate surface area is 154 Å². The number of anilines is 1. The van der Waals surface area contributed by atoms with Gasteiger partial charge in [-0.05, 0) is 49.7 Å². The van der Waals surface area contributed by atoms with Crippen LogP contribution in [0.1, 0.15) is 12.5 Å². The first kappa shape index (κ1) is 17.6. The summed E-state index contributed by atoms with van der Waals surface area (Å²) in [7, 11) is 0. The molecule has 1 unspecified atom stereocenters. The molecule has 132 valence electrons. The number of benzene rings is 2. The van der Waals surface area contributed by atoms with Gasteiger partial charge in [0.1, 0.15) is 5.75 Å². The molecule has 0 radical (unpaired) electrons. The van der Waals surface area contributed by atoms with Crippen molar-refractivity contribution in [3.05, 3.63) is 59.1 Å². The van der Waals surface area contributed by atoms with E-state index in [9.17, 15) is 4.79 Å². The van der Waals surface area contributed by atoms with E-state index in [-0.39, 0.29) is 5.91 Å². The summed E-state index contributed by atoms with van der Waals surface area (Å²) >= 11 is 5.96. The van der Waals surface area contributed by atoms with Crippen LogP contribution >= 0.6 is 11.6 Å². The predicted molar refractivity (Wildman–Crippen MR) is 102 cm³/mol. The van der Waals surface area contributed by atoms with E-state index in [1.807, 2.05) is 17.0 Å². The average molecular weight is 359 g/mol. The fraction of sp³-hybridized carbons (Fsp3) is 0.350. The van der Waals surface area contributed by atoms with Crippen LogP contribution in [0.5, 0.6) is 5.75 Å². The molecule has 1 amide bonds. The molecule has 2 aromatic rings. The highest BCUT2D eigenvalue weighted by molar-refractivity contribution is 6.30. The van der Waals surface area contributed by atoms with Gasteiger partial charge < -0.3 is 14.5 Å². The highest BCUT2D eigenvalue weighted by Gasteiger charge is 2.26. The molecule has 5 heteroatoms. The maximum absolute atomic E-state index is 12.6. The first-order valence-corrected chi connectivity index (χ1v) is 8.93. The molecule has 3 rings (SSSR count). The summed E-state index contributed by atoms with van der Waals surface area (Å²) in [6.45, 7) is 6.96. The minimum absolute atomic E-state index is 0.0175. The fourth-order valence-corrected chi connectivity index (χ4v) is 3.24. The van der Waals surface area contributed by atoms with E-state index < -0.39 is 6.10 Å². The number of hydrogen-bond donors (Lipinski definition) is 0. The molecule has 1 atom stereocenters. The molecule has 0 aromatic heterocycles. The third-order valence-corrected chi connectivity index (χ3v) is 4.65. The van der Waals surface area contributed by atoms with Gasteiger partial charge in [0.15, 0.2) is 6.10 Å². The first-order valence-electron chi connectivity index (χ1n) is 8.55. The molecular formula is C20H23ClN2O2. The van der Waals surface area contributed by atoms with Gasteiger partial charge in [-0.2, -0.15) is 0 Å². The zero-order valence-electron chi connectivity index (χ0n) is 14.6. The van der Waals surface area contributed by atoms with Gasteiger partial charge in [-0.25, -0.2) is 0 Å². The van der Waals surface area contributed by atoms with E-state index in [0.29, 0.717) is 23.9 Å². The lowest BCUT2D eigenvalue weighted by Gasteiger charge is -2.37. The summed E-state index contributed by atoms with van der Waals surface area (Å²) in [5.74, 6) is 0.635. The summed E-state index contributed by atoms with van der Waals surface area (Å²) in [4.78, 5) is 16.8. The number of amides is 1. The number of rotatable bonds is 4. The maximum atomic E-state index is 12.6. The monoisotopic (exact) mass is 358 g/mol. The molecule has 0 N–H and O–H groups in total. The average Bonchev–Trinajstić information content (AvgIpc) is 2.61. The Morgan fingerprint density at radius 3 is 2.48 bits per heavy atom. The molecule has 0 aliphatic carbocycles. The normalized spacial score (nSPS) is 15.8. The van der Waals surface area contributed by atoms with Crippen LogP contribution in [0, 0.1) is 6.92 Å². The second kappa shape index (κ2) is 7.79. The number of halogens is 1. The summed E-state index contributed by atoms with van der Waals surface area (Å²) in [5.41, 5.74) is 2.47. The van der Waals surface area contributed by atoms with Gasteiger partial charge in [-0.15, -0.1) is 0 Å². The molecule has 1 aliphatic rings. The van der Waals surface area contributed by atoms with E-state index in [2.05, 4.69) is 36.1 Å². The largest absolute Gasteiger partial charge is 0.481 e. The molecule has 1 saturated heterocycles. The molecule has 1 heterocycles. The van der Waals surface area contributed by atoms with Crippen molar-refractivity contribution in [3.8, 4) is 5.75 Å². The molecular weight excluding hydrogens is 336 g/mol. The third-order valence-electron chi connectivity index (χ3n) is 4.41. The summed E-state index contributed by atoms with van der Waals surface area (Å²) in [6.07, 6.45) is -0.524. The van der Waals surface area contributed by atoms with Gasteiger partial charge in [0, 0.05) is 36.9 Å². The van der Waals surface area contributed by atoms with Gasteiger partial charge in [0.2, 0.25) is 0 Å². The van der Waals surface area contributed by atoms with E-state index in [0.717, 1.165) is 13.1 Å². The molecule has 2 aromatic carbocycles. The van der Waals surface area contributed by atoms with E-state index >= 15 is 0 Å². The fourth-order valence-electron chi connectivity index (χ4n) is 3.06. The molecule has 0 spiro atoms. The Hall–Kier alpha value is -2.20. The van der Waals surface area contributed by atoms with Crippen LogP contribution in [-0.4, -0.2) is 43.1 Å². The smallest absolute Gasteiger partial charge is 0.263 e. The number of hydrogen-bond acceptors (Lipinski definition) is 3. The van der Waals surface area contributed by atoms with E-state index in [1.165, 1.54) is 11.3 Å². The number of carbonyl (C=O) groups excluding carboxylic acids is 1. The quantitative estimate of drug-likeness (QED) is 0.834. The van der Waals surface area contributed by atoms with Crippen molar-refractivity contribution in [2.75, 3.05) is 31.1 Å². The Balaban J connectivity index is 1.56. The minimum Gasteiger partial charge on any atom is -0.481 e. The van der Waals surface area contributed by atoms with Crippen molar-refractivity contribution in [3.63, 3.8) is 0 Å². The number of piperazine rings is 1.